The Kier molecular flexibility index (Phi) is 3.41. The molecule has 16 heavy (non-hydrogen) atoms. The maximum absolute atomic E-state index is 13.6. The molecule has 0 aliphatic heterocycles. The van der Waals surface area contributed by atoms with E-state index >= 15 is 0 Å². The molecule has 0 spiro atoms. The number of aryl methyl sites for hydroxylation is 1. The highest BCUT2D eigenvalue weighted by Crippen LogP contribution is 2.30. The number of hydrogen-bond donors (Lipinski definition) is 0. The van der Waals surface area contributed by atoms with Crippen molar-refractivity contribution in [2.75, 3.05) is 0 Å². The van der Waals surface area contributed by atoms with Crippen LogP contribution in [0.5, 0.6) is 0 Å². The Hall–Kier alpha value is -1.32. The third-order valence-electron chi connectivity index (χ3n) is 1.87. The molecule has 1 rings (SSSR count). The predicted molar refractivity (Wildman–Crippen MR) is 59.7 cm³/mol. The molecule has 0 fully saturated rings. The van der Waals surface area contributed by atoms with E-state index in [1.54, 1.807) is 32.9 Å². The van der Waals surface area contributed by atoms with E-state index in [0.717, 1.165) is 5.56 Å². The molecule has 1 aromatic rings. The van der Waals surface area contributed by atoms with Crippen molar-refractivity contribution >= 4 is 0 Å². The summed E-state index contributed by atoms with van der Waals surface area (Å²) in [5.74, 6) is 0. The standard InChI is InChI=1S/C12H16F2N2/c1-9-5-7-10(8-6-9)12(13,14)16-15-11(2,3)4/h5-8H,1-4H3. The van der Waals surface area contributed by atoms with Gasteiger partial charge in [-0.1, -0.05) is 29.8 Å². The van der Waals surface area contributed by atoms with Crippen LogP contribution >= 0.6 is 0 Å². The Labute approximate surface area is 94.4 Å². The Morgan fingerprint density at radius 3 is 1.88 bits per heavy atom. The van der Waals surface area contributed by atoms with Crippen molar-refractivity contribution in [3.63, 3.8) is 0 Å². The Bertz CT molecular complexity index is 375. The second-order valence-corrected chi connectivity index (χ2v) is 4.78. The lowest BCUT2D eigenvalue weighted by Crippen LogP contribution is -2.14. The maximum atomic E-state index is 13.6. The van der Waals surface area contributed by atoms with E-state index in [0.29, 0.717) is 0 Å². The number of rotatable bonds is 2. The van der Waals surface area contributed by atoms with Crippen molar-refractivity contribution in [3.05, 3.63) is 35.4 Å². The van der Waals surface area contributed by atoms with Gasteiger partial charge in [-0.25, -0.2) is 0 Å². The number of alkyl halides is 2. The minimum absolute atomic E-state index is 0.133. The summed E-state index contributed by atoms with van der Waals surface area (Å²) in [7, 11) is 0. The highest BCUT2D eigenvalue weighted by atomic mass is 19.3. The van der Waals surface area contributed by atoms with E-state index in [1.807, 2.05) is 6.92 Å². The fourth-order valence-corrected chi connectivity index (χ4v) is 1.02. The summed E-state index contributed by atoms with van der Waals surface area (Å²) in [6, 6.07) is 2.76. The molecule has 1 aromatic carbocycles. The highest BCUT2D eigenvalue weighted by Gasteiger charge is 2.31. The summed E-state index contributed by atoms with van der Waals surface area (Å²) in [6.07, 6.45) is 0. The largest absolute Gasteiger partial charge is 0.385 e. The first-order chi connectivity index (χ1) is 7.21. The quantitative estimate of drug-likeness (QED) is 0.530. The van der Waals surface area contributed by atoms with Crippen LogP contribution in [0.1, 0.15) is 31.9 Å². The lowest BCUT2D eigenvalue weighted by atomic mass is 10.1. The number of azo groups is 1. The summed E-state index contributed by atoms with van der Waals surface area (Å²) in [5, 5.41) is 6.72. The van der Waals surface area contributed by atoms with Crippen LogP contribution < -0.4 is 0 Å². The minimum Gasteiger partial charge on any atom is -0.182 e. The van der Waals surface area contributed by atoms with E-state index in [1.165, 1.54) is 12.1 Å². The van der Waals surface area contributed by atoms with Crippen LogP contribution in [0.15, 0.2) is 34.5 Å². The van der Waals surface area contributed by atoms with Gasteiger partial charge in [0.25, 0.3) is 0 Å². The van der Waals surface area contributed by atoms with Crippen LogP contribution in [-0.4, -0.2) is 5.54 Å². The lowest BCUT2D eigenvalue weighted by Gasteiger charge is -2.14. The van der Waals surface area contributed by atoms with E-state index in [-0.39, 0.29) is 5.56 Å². The van der Waals surface area contributed by atoms with Gasteiger partial charge in [0.1, 0.15) is 0 Å². The fraction of sp³-hybridized carbons (Fsp3) is 0.500. The molecule has 0 aliphatic carbocycles. The molecule has 0 heterocycles. The van der Waals surface area contributed by atoms with Gasteiger partial charge in [0.2, 0.25) is 0 Å². The Balaban J connectivity index is 2.94. The molecule has 2 nitrogen and oxygen atoms in total. The third-order valence-corrected chi connectivity index (χ3v) is 1.87. The molecule has 0 bridgehead atoms. The molecule has 0 saturated heterocycles. The van der Waals surface area contributed by atoms with E-state index in [9.17, 15) is 8.78 Å². The molecule has 88 valence electrons. The van der Waals surface area contributed by atoms with Crippen molar-refractivity contribution in [3.8, 4) is 0 Å². The summed E-state index contributed by atoms with van der Waals surface area (Å²) in [6.45, 7) is 7.02. The predicted octanol–water partition coefficient (Wildman–Crippen LogP) is 4.30. The molecule has 0 saturated carbocycles. The van der Waals surface area contributed by atoms with Gasteiger partial charge in [-0.05, 0) is 27.7 Å². The van der Waals surface area contributed by atoms with Crippen LogP contribution in [0.2, 0.25) is 0 Å². The normalized spacial score (nSPS) is 13.4. The van der Waals surface area contributed by atoms with Gasteiger partial charge >= 0.3 is 6.05 Å². The highest BCUT2D eigenvalue weighted by molar-refractivity contribution is 5.24. The van der Waals surface area contributed by atoms with Gasteiger partial charge in [0.05, 0.1) is 5.54 Å². The fourth-order valence-electron chi connectivity index (χ4n) is 1.02. The SMILES string of the molecule is Cc1ccc(C(F)(F)N=NC(C)(C)C)cc1. The molecular formula is C12H16F2N2. The van der Waals surface area contributed by atoms with E-state index in [2.05, 4.69) is 10.2 Å². The number of halogens is 2. The molecule has 0 radical (unpaired) electrons. The molecule has 0 aromatic heterocycles. The second kappa shape index (κ2) is 4.28. The minimum atomic E-state index is -3.25. The number of hydrogen-bond acceptors (Lipinski definition) is 2. The van der Waals surface area contributed by atoms with Gasteiger partial charge in [-0.15, -0.1) is 5.11 Å². The van der Waals surface area contributed by atoms with Gasteiger partial charge in [-0.3, -0.25) is 0 Å². The average molecular weight is 226 g/mol. The summed E-state index contributed by atoms with van der Waals surface area (Å²) in [5.41, 5.74) is 0.215. The van der Waals surface area contributed by atoms with Gasteiger partial charge in [0, 0.05) is 5.56 Å². The smallest absolute Gasteiger partial charge is 0.182 e. The monoisotopic (exact) mass is 226 g/mol. The lowest BCUT2D eigenvalue weighted by molar-refractivity contribution is -0.00509. The number of nitrogens with zero attached hydrogens (tertiary/aromatic N) is 2. The van der Waals surface area contributed by atoms with E-state index < -0.39 is 11.6 Å². The van der Waals surface area contributed by atoms with Crippen molar-refractivity contribution in [1.29, 1.82) is 0 Å². The molecule has 0 amide bonds. The second-order valence-electron chi connectivity index (χ2n) is 4.78. The van der Waals surface area contributed by atoms with Crippen LogP contribution in [0.3, 0.4) is 0 Å². The van der Waals surface area contributed by atoms with Gasteiger partial charge in [-0.2, -0.15) is 13.9 Å². The zero-order valence-electron chi connectivity index (χ0n) is 9.96. The summed E-state index contributed by atoms with van der Waals surface area (Å²) in [4.78, 5) is 0. The van der Waals surface area contributed by atoms with Gasteiger partial charge < -0.3 is 0 Å². The molecule has 0 aliphatic rings. The van der Waals surface area contributed by atoms with Crippen molar-refractivity contribution in [2.24, 2.45) is 10.2 Å². The molecular weight excluding hydrogens is 210 g/mol. The maximum Gasteiger partial charge on any atom is 0.385 e. The van der Waals surface area contributed by atoms with Gasteiger partial charge in [0.15, 0.2) is 0 Å². The molecule has 0 unspecified atom stereocenters. The van der Waals surface area contributed by atoms with Crippen molar-refractivity contribution in [1.82, 2.24) is 0 Å². The van der Waals surface area contributed by atoms with Crippen LogP contribution in [0.25, 0.3) is 0 Å². The third kappa shape index (κ3) is 3.68. The van der Waals surface area contributed by atoms with Crippen LogP contribution in [-0.2, 0) is 6.05 Å². The zero-order chi connectivity index (χ0) is 12.4. The Morgan fingerprint density at radius 2 is 1.44 bits per heavy atom. The number of benzene rings is 1. The van der Waals surface area contributed by atoms with Crippen molar-refractivity contribution in [2.45, 2.75) is 39.3 Å². The summed E-state index contributed by atoms with van der Waals surface area (Å²) < 4.78 is 27.1. The molecule has 4 heteroatoms. The van der Waals surface area contributed by atoms with E-state index in [4.69, 9.17) is 0 Å². The average Bonchev–Trinajstić information content (AvgIpc) is 2.15. The topological polar surface area (TPSA) is 24.7 Å². The first kappa shape index (κ1) is 12.7. The summed E-state index contributed by atoms with van der Waals surface area (Å²) >= 11 is 0. The van der Waals surface area contributed by atoms with Crippen molar-refractivity contribution < 1.29 is 8.78 Å². The first-order valence-corrected chi connectivity index (χ1v) is 5.10. The first-order valence-electron chi connectivity index (χ1n) is 5.10. The van der Waals surface area contributed by atoms with Crippen LogP contribution in [0.4, 0.5) is 8.78 Å². The van der Waals surface area contributed by atoms with Crippen LogP contribution in [0, 0.1) is 6.92 Å². The molecule has 0 atom stereocenters. The molecule has 0 N–H and O–H groups in total. The zero-order valence-corrected chi connectivity index (χ0v) is 9.96. The Morgan fingerprint density at radius 1 is 0.938 bits per heavy atom.